The van der Waals surface area contributed by atoms with Crippen molar-refractivity contribution in [3.63, 3.8) is 0 Å². The Hall–Kier alpha value is -1.57. The number of phenols is 1. The van der Waals surface area contributed by atoms with Gasteiger partial charge in [0.05, 0.1) is 10.4 Å². The highest BCUT2D eigenvalue weighted by Gasteiger charge is 2.40. The summed E-state index contributed by atoms with van der Waals surface area (Å²) in [4.78, 5) is 20.4. The molecule has 3 aliphatic heterocycles. The van der Waals surface area contributed by atoms with E-state index in [1.165, 1.54) is 24.2 Å². The maximum atomic E-state index is 12.6. The number of fused-ring (bicyclic) bond motifs is 3. The van der Waals surface area contributed by atoms with E-state index in [1.54, 1.807) is 30.1 Å². The Bertz CT molecular complexity index is 752. The second-order valence-electron chi connectivity index (χ2n) is 6.69. The number of thiazole rings is 1. The fraction of sp³-hybridized carbons (Fsp3) is 0.444. The molecule has 1 aromatic heterocycles. The Morgan fingerprint density at radius 3 is 2.72 bits per heavy atom. The smallest absolute Gasteiger partial charge is 0.280 e. The number of hydrogen-bond acceptors (Lipinski definition) is 6. The minimum Gasteiger partial charge on any atom is -0.508 e. The summed E-state index contributed by atoms with van der Waals surface area (Å²) in [5.74, 6) is 0.781. The van der Waals surface area contributed by atoms with E-state index in [2.05, 4.69) is 22.1 Å². The number of carbonyl (C=O) groups excluding carboxylic acids is 1. The van der Waals surface area contributed by atoms with Crippen LogP contribution in [0.4, 0.5) is 0 Å². The van der Waals surface area contributed by atoms with Crippen LogP contribution in [0.3, 0.4) is 0 Å². The highest BCUT2D eigenvalue weighted by Crippen LogP contribution is 2.34. The number of amides is 1. The average molecular weight is 376 g/mol. The van der Waals surface area contributed by atoms with E-state index >= 15 is 0 Å². The monoisotopic (exact) mass is 375 g/mol. The first-order valence-electron chi connectivity index (χ1n) is 8.58. The lowest BCUT2D eigenvalue weighted by molar-refractivity contribution is 0.0217. The van der Waals surface area contributed by atoms with Gasteiger partial charge >= 0.3 is 0 Å². The lowest BCUT2D eigenvalue weighted by Crippen LogP contribution is -2.62. The van der Waals surface area contributed by atoms with Gasteiger partial charge in [0.15, 0.2) is 5.01 Å². The molecule has 2 aromatic rings. The molecule has 7 heteroatoms. The minimum atomic E-state index is -0.0619. The van der Waals surface area contributed by atoms with E-state index in [4.69, 9.17) is 0 Å². The third-order valence-electron chi connectivity index (χ3n) is 5.21. The Balaban J connectivity index is 1.41. The maximum Gasteiger partial charge on any atom is 0.280 e. The number of piperidine rings is 3. The Labute approximate surface area is 155 Å². The summed E-state index contributed by atoms with van der Waals surface area (Å²) in [7, 11) is 0. The summed E-state index contributed by atoms with van der Waals surface area (Å²) in [6, 6.07) is 7.66. The Morgan fingerprint density at radius 1 is 1.32 bits per heavy atom. The number of aromatic nitrogens is 1. The highest BCUT2D eigenvalue weighted by atomic mass is 32.2. The summed E-state index contributed by atoms with van der Waals surface area (Å²) < 4.78 is 0.970. The molecule has 5 nitrogen and oxygen atoms in total. The summed E-state index contributed by atoms with van der Waals surface area (Å²) in [6.07, 6.45) is 4.10. The number of rotatable bonds is 4. The molecule has 4 heterocycles. The lowest BCUT2D eigenvalue weighted by atomic mass is 9.79. The molecule has 3 fully saturated rings. The van der Waals surface area contributed by atoms with E-state index < -0.39 is 0 Å². The minimum absolute atomic E-state index is 0.0619. The number of nitrogens with one attached hydrogen (secondary N) is 1. The average Bonchev–Trinajstić information content (AvgIpc) is 3.09. The first-order chi connectivity index (χ1) is 12.1. The van der Waals surface area contributed by atoms with Gasteiger partial charge in [-0.1, -0.05) is 11.8 Å². The number of aromatic hydroxyl groups is 1. The Kier molecular flexibility index (Phi) is 4.71. The van der Waals surface area contributed by atoms with E-state index in [0.717, 1.165) is 22.2 Å². The van der Waals surface area contributed by atoms with Gasteiger partial charge in [0, 0.05) is 17.0 Å². The molecule has 3 saturated heterocycles. The highest BCUT2D eigenvalue weighted by molar-refractivity contribution is 8.01. The number of carbonyl (C=O) groups is 1. The largest absolute Gasteiger partial charge is 0.508 e. The molecule has 2 bridgehead atoms. The van der Waals surface area contributed by atoms with Crippen molar-refractivity contribution in [3.8, 4) is 5.75 Å². The molecule has 0 spiro atoms. The number of hydrogen-bond donors (Lipinski definition) is 2. The van der Waals surface area contributed by atoms with Gasteiger partial charge in [0.25, 0.3) is 5.91 Å². The van der Waals surface area contributed by atoms with Crippen LogP contribution in [0.2, 0.25) is 0 Å². The van der Waals surface area contributed by atoms with Crippen molar-refractivity contribution in [2.45, 2.75) is 41.0 Å². The van der Waals surface area contributed by atoms with Crippen LogP contribution in [0.5, 0.6) is 5.75 Å². The van der Waals surface area contributed by atoms with Crippen molar-refractivity contribution in [1.29, 1.82) is 0 Å². The molecule has 2 atom stereocenters. The molecular weight excluding hydrogens is 354 g/mol. The zero-order valence-corrected chi connectivity index (χ0v) is 15.6. The van der Waals surface area contributed by atoms with Gasteiger partial charge in [-0.2, -0.15) is 0 Å². The summed E-state index contributed by atoms with van der Waals surface area (Å²) in [6.45, 7) is 4.52. The van der Waals surface area contributed by atoms with Crippen LogP contribution in [0, 0.1) is 5.92 Å². The predicted molar refractivity (Wildman–Crippen MR) is 99.4 cm³/mol. The van der Waals surface area contributed by atoms with Crippen LogP contribution in [0.1, 0.15) is 29.6 Å². The summed E-state index contributed by atoms with van der Waals surface area (Å²) >= 11 is 2.96. The zero-order chi connectivity index (χ0) is 17.4. The van der Waals surface area contributed by atoms with Gasteiger partial charge in [0.2, 0.25) is 0 Å². The number of phenolic OH excluding ortho intramolecular Hbond substituents is 1. The second-order valence-corrected chi connectivity index (χ2v) is 9.10. The summed E-state index contributed by atoms with van der Waals surface area (Å²) in [5.41, 5.74) is 0. The van der Waals surface area contributed by atoms with Crippen molar-refractivity contribution in [2.24, 2.45) is 5.92 Å². The molecule has 0 radical (unpaired) electrons. The third-order valence-corrected chi connectivity index (χ3v) is 7.31. The molecule has 0 aliphatic carbocycles. The molecular formula is C18H21N3O2S2. The van der Waals surface area contributed by atoms with Gasteiger partial charge in [-0.05, 0) is 63.0 Å². The predicted octanol–water partition coefficient (Wildman–Crippen LogP) is 3.21. The van der Waals surface area contributed by atoms with Crippen LogP contribution < -0.4 is 5.32 Å². The quantitative estimate of drug-likeness (QED) is 0.859. The topological polar surface area (TPSA) is 65.5 Å². The summed E-state index contributed by atoms with van der Waals surface area (Å²) in [5, 5.41) is 13.1. The van der Waals surface area contributed by atoms with Crippen molar-refractivity contribution < 1.29 is 9.90 Å². The molecule has 2 N–H and O–H groups in total. The zero-order valence-electron chi connectivity index (χ0n) is 14.0. The third kappa shape index (κ3) is 3.54. The Morgan fingerprint density at radius 2 is 2.04 bits per heavy atom. The normalized spacial score (nSPS) is 28.0. The first kappa shape index (κ1) is 16.9. The maximum absolute atomic E-state index is 12.6. The molecule has 5 rings (SSSR count). The van der Waals surface area contributed by atoms with Crippen LogP contribution in [0.15, 0.2) is 39.6 Å². The van der Waals surface area contributed by atoms with Crippen LogP contribution in [-0.2, 0) is 0 Å². The van der Waals surface area contributed by atoms with Crippen LogP contribution >= 0.6 is 23.1 Å². The molecule has 3 aliphatic rings. The van der Waals surface area contributed by atoms with Crippen LogP contribution in [0.25, 0.3) is 0 Å². The number of benzene rings is 1. The van der Waals surface area contributed by atoms with Gasteiger partial charge in [-0.25, -0.2) is 4.98 Å². The van der Waals surface area contributed by atoms with Crippen LogP contribution in [-0.4, -0.2) is 46.1 Å². The van der Waals surface area contributed by atoms with E-state index in [1.807, 2.05) is 12.1 Å². The fourth-order valence-corrected chi connectivity index (χ4v) is 5.66. The van der Waals surface area contributed by atoms with E-state index in [9.17, 15) is 9.90 Å². The first-order valence-corrected chi connectivity index (χ1v) is 10.2. The molecule has 0 saturated carbocycles. The van der Waals surface area contributed by atoms with Gasteiger partial charge < -0.3 is 10.4 Å². The van der Waals surface area contributed by atoms with Crippen molar-refractivity contribution in [3.05, 3.63) is 35.5 Å². The van der Waals surface area contributed by atoms with Gasteiger partial charge in [-0.3, -0.25) is 9.69 Å². The van der Waals surface area contributed by atoms with Crippen molar-refractivity contribution >= 4 is 29.0 Å². The standard InChI is InChI=1S/C18H21N3O2S2/c1-11-16(12-6-8-21(11)9-7-12)20-17(23)18-19-10-15(25-18)24-14-4-2-13(22)3-5-14/h2-5,10-12,16,22H,6-9H2,1H3,(H,20,23). The fourth-order valence-electron chi connectivity index (χ4n) is 3.80. The SMILES string of the molecule is CC1C(NC(=O)c2ncc(Sc3ccc(O)cc3)s2)C2CCN1CC2. The van der Waals surface area contributed by atoms with Crippen molar-refractivity contribution in [1.82, 2.24) is 15.2 Å². The molecule has 1 amide bonds. The van der Waals surface area contributed by atoms with E-state index in [0.29, 0.717) is 17.0 Å². The van der Waals surface area contributed by atoms with Crippen molar-refractivity contribution in [2.75, 3.05) is 13.1 Å². The molecule has 132 valence electrons. The van der Waals surface area contributed by atoms with E-state index in [-0.39, 0.29) is 17.7 Å². The van der Waals surface area contributed by atoms with Gasteiger partial charge in [0.1, 0.15) is 5.75 Å². The lowest BCUT2D eigenvalue weighted by Gasteiger charge is -2.49. The molecule has 25 heavy (non-hydrogen) atoms. The number of nitrogens with zero attached hydrogens (tertiary/aromatic N) is 2. The molecule has 2 unspecified atom stereocenters. The second kappa shape index (κ2) is 6.97. The molecule has 1 aromatic carbocycles. The van der Waals surface area contributed by atoms with Gasteiger partial charge in [-0.15, -0.1) is 11.3 Å².